The quantitative estimate of drug-likeness (QED) is 0.818. The van der Waals surface area contributed by atoms with E-state index in [0.29, 0.717) is 22.5 Å². The first-order valence-corrected chi connectivity index (χ1v) is 10.8. The molecule has 1 fully saturated rings. The van der Waals surface area contributed by atoms with Crippen LogP contribution in [0.5, 0.6) is 0 Å². The molecule has 2 aromatic rings. The van der Waals surface area contributed by atoms with E-state index in [9.17, 15) is 18.0 Å². The highest BCUT2D eigenvalue weighted by atomic mass is 32.2. The summed E-state index contributed by atoms with van der Waals surface area (Å²) in [4.78, 5) is 30.6. The van der Waals surface area contributed by atoms with Gasteiger partial charge < -0.3 is 10.2 Å². The summed E-state index contributed by atoms with van der Waals surface area (Å²) in [5.74, 6) is -0.617. The van der Waals surface area contributed by atoms with Gasteiger partial charge in [-0.25, -0.2) is 22.5 Å². The van der Waals surface area contributed by atoms with Crippen LogP contribution in [0, 0.1) is 6.92 Å². The van der Waals surface area contributed by atoms with E-state index in [0.717, 1.165) is 18.4 Å². The van der Waals surface area contributed by atoms with E-state index >= 15 is 0 Å². The van der Waals surface area contributed by atoms with Crippen molar-refractivity contribution in [1.29, 1.82) is 0 Å². The first-order chi connectivity index (χ1) is 12.9. The molecule has 2 heterocycles. The SMILES string of the molecule is Cc1ccc(S(=O)(=O)N(CC(=O)Nc2nccs2)C(=O)N2CCCC2)cc1. The number of aryl methyl sites for hydroxylation is 1. The smallest absolute Gasteiger partial charge is 0.324 e. The molecule has 3 rings (SSSR count). The summed E-state index contributed by atoms with van der Waals surface area (Å²) in [5.41, 5.74) is 0.896. The molecular formula is C17H20N4O4S2. The van der Waals surface area contributed by atoms with Gasteiger partial charge in [0.05, 0.1) is 4.90 Å². The number of likely N-dealkylation sites (tertiary alicyclic amines) is 1. The average Bonchev–Trinajstić information content (AvgIpc) is 3.33. The number of benzene rings is 1. The number of sulfonamides is 1. The molecule has 10 heteroatoms. The number of nitrogens with one attached hydrogen (secondary N) is 1. The lowest BCUT2D eigenvalue weighted by Crippen LogP contribution is -2.48. The molecule has 1 aliphatic heterocycles. The second kappa shape index (κ2) is 8.05. The van der Waals surface area contributed by atoms with Crippen molar-refractivity contribution >= 4 is 38.4 Å². The van der Waals surface area contributed by atoms with Crippen LogP contribution in [0.15, 0.2) is 40.7 Å². The van der Waals surface area contributed by atoms with Crippen molar-refractivity contribution in [2.75, 3.05) is 25.0 Å². The van der Waals surface area contributed by atoms with E-state index in [1.54, 1.807) is 17.5 Å². The average molecular weight is 409 g/mol. The summed E-state index contributed by atoms with van der Waals surface area (Å²) in [7, 11) is -4.16. The predicted molar refractivity (Wildman–Crippen MR) is 102 cm³/mol. The third-order valence-corrected chi connectivity index (χ3v) is 6.59. The highest BCUT2D eigenvalue weighted by molar-refractivity contribution is 7.89. The molecule has 144 valence electrons. The lowest BCUT2D eigenvalue weighted by Gasteiger charge is -2.27. The standard InChI is InChI=1S/C17H20N4O4S2/c1-13-4-6-14(7-5-13)27(24,25)21(17(23)20-9-2-3-10-20)12-15(22)19-16-18-8-11-26-16/h4-8,11H,2-3,9-10,12H2,1H3,(H,18,19,22). The molecular weight excluding hydrogens is 388 g/mol. The Bertz CT molecular complexity index is 905. The van der Waals surface area contributed by atoms with Crippen LogP contribution in [0.3, 0.4) is 0 Å². The summed E-state index contributed by atoms with van der Waals surface area (Å²) < 4.78 is 26.8. The Hall–Kier alpha value is -2.46. The number of hydrogen-bond donors (Lipinski definition) is 1. The fourth-order valence-electron chi connectivity index (χ4n) is 2.73. The minimum Gasteiger partial charge on any atom is -0.324 e. The van der Waals surface area contributed by atoms with E-state index in [2.05, 4.69) is 10.3 Å². The Balaban J connectivity index is 1.87. The van der Waals surface area contributed by atoms with Crippen LogP contribution in [0.25, 0.3) is 0 Å². The van der Waals surface area contributed by atoms with Gasteiger partial charge in [-0.3, -0.25) is 4.79 Å². The van der Waals surface area contributed by atoms with E-state index in [4.69, 9.17) is 0 Å². The summed E-state index contributed by atoms with van der Waals surface area (Å²) in [6, 6.07) is 5.51. The maximum atomic E-state index is 13.1. The summed E-state index contributed by atoms with van der Waals surface area (Å²) in [6.07, 6.45) is 3.15. The van der Waals surface area contributed by atoms with E-state index in [1.165, 1.54) is 34.6 Å². The van der Waals surface area contributed by atoms with Gasteiger partial charge in [0, 0.05) is 24.7 Å². The summed E-state index contributed by atoms with van der Waals surface area (Å²) in [6.45, 7) is 2.19. The number of carbonyl (C=O) groups is 2. The molecule has 1 saturated heterocycles. The van der Waals surface area contributed by atoms with Gasteiger partial charge in [-0.2, -0.15) is 0 Å². The number of aromatic nitrogens is 1. The first-order valence-electron chi connectivity index (χ1n) is 8.45. The van der Waals surface area contributed by atoms with E-state index in [1.807, 2.05) is 6.92 Å². The van der Waals surface area contributed by atoms with Gasteiger partial charge >= 0.3 is 6.03 Å². The minimum absolute atomic E-state index is 0.0253. The number of anilines is 1. The first kappa shape index (κ1) is 19.3. The molecule has 0 spiro atoms. The zero-order chi connectivity index (χ0) is 19.4. The third kappa shape index (κ3) is 4.45. The van der Waals surface area contributed by atoms with Crippen molar-refractivity contribution in [1.82, 2.24) is 14.2 Å². The minimum atomic E-state index is -4.16. The van der Waals surface area contributed by atoms with Crippen molar-refractivity contribution in [2.45, 2.75) is 24.7 Å². The van der Waals surface area contributed by atoms with Crippen LogP contribution in [-0.4, -0.2) is 54.2 Å². The maximum Gasteiger partial charge on any atom is 0.334 e. The Morgan fingerprint density at radius 1 is 1.22 bits per heavy atom. The molecule has 0 unspecified atom stereocenters. The number of hydrogen-bond acceptors (Lipinski definition) is 6. The molecule has 0 bridgehead atoms. The molecule has 0 aliphatic carbocycles. The Labute approximate surface area is 161 Å². The Morgan fingerprint density at radius 2 is 1.89 bits per heavy atom. The van der Waals surface area contributed by atoms with Gasteiger partial charge in [0.25, 0.3) is 10.0 Å². The largest absolute Gasteiger partial charge is 0.334 e. The predicted octanol–water partition coefficient (Wildman–Crippen LogP) is 2.30. The normalized spacial score (nSPS) is 14.2. The summed E-state index contributed by atoms with van der Waals surface area (Å²) in [5, 5.41) is 4.56. The van der Waals surface area contributed by atoms with E-state index < -0.39 is 28.5 Å². The van der Waals surface area contributed by atoms with Gasteiger partial charge in [-0.15, -0.1) is 11.3 Å². The summed E-state index contributed by atoms with van der Waals surface area (Å²) >= 11 is 1.21. The number of amides is 3. The molecule has 27 heavy (non-hydrogen) atoms. The Morgan fingerprint density at radius 3 is 2.48 bits per heavy atom. The monoisotopic (exact) mass is 408 g/mol. The van der Waals surface area contributed by atoms with Crippen molar-refractivity contribution in [2.24, 2.45) is 0 Å². The second-order valence-electron chi connectivity index (χ2n) is 6.19. The van der Waals surface area contributed by atoms with E-state index in [-0.39, 0.29) is 4.90 Å². The lowest BCUT2D eigenvalue weighted by atomic mass is 10.2. The highest BCUT2D eigenvalue weighted by Gasteiger charge is 2.35. The highest BCUT2D eigenvalue weighted by Crippen LogP contribution is 2.20. The van der Waals surface area contributed by atoms with Crippen molar-refractivity contribution in [3.63, 3.8) is 0 Å². The molecule has 1 aromatic heterocycles. The zero-order valence-electron chi connectivity index (χ0n) is 14.8. The fraction of sp³-hybridized carbons (Fsp3) is 0.353. The fourth-order valence-corrected chi connectivity index (χ4v) is 4.62. The molecule has 0 radical (unpaired) electrons. The van der Waals surface area contributed by atoms with Crippen molar-refractivity contribution in [3.8, 4) is 0 Å². The molecule has 1 aliphatic rings. The second-order valence-corrected chi connectivity index (χ2v) is 8.94. The van der Waals surface area contributed by atoms with Crippen LogP contribution in [0.1, 0.15) is 18.4 Å². The number of thiazole rings is 1. The van der Waals surface area contributed by atoms with Gasteiger partial charge in [0.15, 0.2) is 5.13 Å². The van der Waals surface area contributed by atoms with Crippen LogP contribution in [0.2, 0.25) is 0 Å². The van der Waals surface area contributed by atoms with Gasteiger partial charge in [0.2, 0.25) is 5.91 Å². The molecule has 1 N–H and O–H groups in total. The number of nitrogens with zero attached hydrogens (tertiary/aromatic N) is 3. The molecule has 8 nitrogen and oxygen atoms in total. The van der Waals surface area contributed by atoms with Crippen LogP contribution < -0.4 is 5.32 Å². The number of urea groups is 1. The van der Waals surface area contributed by atoms with Gasteiger partial charge in [-0.05, 0) is 31.9 Å². The van der Waals surface area contributed by atoms with Crippen molar-refractivity contribution < 1.29 is 18.0 Å². The molecule has 0 saturated carbocycles. The van der Waals surface area contributed by atoms with Gasteiger partial charge in [0.1, 0.15) is 6.54 Å². The van der Waals surface area contributed by atoms with Gasteiger partial charge in [-0.1, -0.05) is 17.7 Å². The Kier molecular flexibility index (Phi) is 5.76. The zero-order valence-corrected chi connectivity index (χ0v) is 16.4. The number of rotatable bonds is 5. The lowest BCUT2D eigenvalue weighted by molar-refractivity contribution is -0.116. The molecule has 3 amide bonds. The van der Waals surface area contributed by atoms with Crippen LogP contribution >= 0.6 is 11.3 Å². The molecule has 1 aromatic carbocycles. The molecule has 0 atom stereocenters. The van der Waals surface area contributed by atoms with Crippen LogP contribution in [-0.2, 0) is 14.8 Å². The number of carbonyl (C=O) groups excluding carboxylic acids is 2. The maximum absolute atomic E-state index is 13.1. The topological polar surface area (TPSA) is 99.7 Å². The van der Waals surface area contributed by atoms with Crippen LogP contribution in [0.4, 0.5) is 9.93 Å². The third-order valence-electron chi connectivity index (χ3n) is 4.16. The van der Waals surface area contributed by atoms with Crippen molar-refractivity contribution in [3.05, 3.63) is 41.4 Å².